The zero-order chi connectivity index (χ0) is 18.5. The van der Waals surface area contributed by atoms with Gasteiger partial charge in [0.2, 0.25) is 0 Å². The van der Waals surface area contributed by atoms with E-state index in [0.29, 0.717) is 11.5 Å². The second kappa shape index (κ2) is 15.0. The van der Waals surface area contributed by atoms with Crippen LogP contribution < -0.4 is 15.4 Å². The summed E-state index contributed by atoms with van der Waals surface area (Å²) in [5.41, 5.74) is 0.628. The Morgan fingerprint density at radius 2 is 1.85 bits per heavy atom. The summed E-state index contributed by atoms with van der Waals surface area (Å²) in [7, 11) is 0. The van der Waals surface area contributed by atoms with Gasteiger partial charge in [-0.05, 0) is 39.0 Å². The number of rotatable bonds is 11. The van der Waals surface area contributed by atoms with Crippen LogP contribution in [0.15, 0.2) is 29.3 Å². The smallest absolute Gasteiger partial charge is 0.387 e. The molecule has 0 aliphatic heterocycles. The van der Waals surface area contributed by atoms with Gasteiger partial charge < -0.3 is 20.3 Å². The fourth-order valence-corrected chi connectivity index (χ4v) is 2.40. The molecule has 0 aliphatic carbocycles. The molecule has 1 aromatic carbocycles. The van der Waals surface area contributed by atoms with Crippen LogP contribution in [0.3, 0.4) is 0 Å². The molecule has 0 fully saturated rings. The van der Waals surface area contributed by atoms with E-state index in [-0.39, 0.29) is 36.3 Å². The summed E-state index contributed by atoms with van der Waals surface area (Å²) < 4.78 is 29.5. The maximum atomic E-state index is 12.5. The van der Waals surface area contributed by atoms with Gasteiger partial charge in [0.15, 0.2) is 5.96 Å². The molecule has 0 amide bonds. The van der Waals surface area contributed by atoms with E-state index >= 15 is 0 Å². The summed E-state index contributed by atoms with van der Waals surface area (Å²) in [4.78, 5) is 6.83. The lowest BCUT2D eigenvalue weighted by Crippen LogP contribution is -2.38. The zero-order valence-electron chi connectivity index (χ0n) is 15.8. The lowest BCUT2D eigenvalue weighted by molar-refractivity contribution is -0.0504. The van der Waals surface area contributed by atoms with Crippen LogP contribution >= 0.6 is 24.0 Å². The molecule has 2 N–H and O–H groups in total. The summed E-state index contributed by atoms with van der Waals surface area (Å²) in [5.74, 6) is 0.840. The Morgan fingerprint density at radius 3 is 2.46 bits per heavy atom. The highest BCUT2D eigenvalue weighted by molar-refractivity contribution is 14.0. The molecule has 150 valence electrons. The van der Waals surface area contributed by atoms with Gasteiger partial charge in [0.1, 0.15) is 5.75 Å². The standard InChI is InChI=1S/C18H30F2N4O.HI/c1-4-21-18(22-12-9-13-24(5-2)6-3)23-14-15-10-7-8-11-16(15)25-17(19)20;/h7-8,10-11,17H,4-6,9,12-14H2,1-3H3,(H2,21,22,23);1H. The van der Waals surface area contributed by atoms with Crippen LogP contribution in [-0.2, 0) is 6.54 Å². The van der Waals surface area contributed by atoms with E-state index < -0.39 is 6.61 Å². The molecule has 0 bridgehead atoms. The zero-order valence-corrected chi connectivity index (χ0v) is 18.1. The van der Waals surface area contributed by atoms with Crippen molar-refractivity contribution < 1.29 is 13.5 Å². The van der Waals surface area contributed by atoms with Crippen LogP contribution in [0.4, 0.5) is 8.78 Å². The number of guanidine groups is 1. The molecule has 5 nitrogen and oxygen atoms in total. The minimum atomic E-state index is -2.84. The third-order valence-electron chi connectivity index (χ3n) is 3.78. The van der Waals surface area contributed by atoms with Crippen molar-refractivity contribution in [2.75, 3.05) is 32.7 Å². The molecule has 0 unspecified atom stereocenters. The molecule has 0 saturated carbocycles. The van der Waals surface area contributed by atoms with Crippen molar-refractivity contribution in [3.63, 3.8) is 0 Å². The molecule has 0 atom stereocenters. The van der Waals surface area contributed by atoms with Crippen molar-refractivity contribution in [1.29, 1.82) is 0 Å². The van der Waals surface area contributed by atoms with Crippen LogP contribution in [0.5, 0.6) is 5.75 Å². The number of hydrogen-bond donors (Lipinski definition) is 2. The Kier molecular flexibility index (Phi) is 14.3. The van der Waals surface area contributed by atoms with Crippen molar-refractivity contribution in [3.8, 4) is 5.75 Å². The van der Waals surface area contributed by atoms with Gasteiger partial charge in [-0.3, -0.25) is 0 Å². The average molecular weight is 484 g/mol. The van der Waals surface area contributed by atoms with E-state index in [9.17, 15) is 8.78 Å². The van der Waals surface area contributed by atoms with Gasteiger partial charge >= 0.3 is 6.61 Å². The van der Waals surface area contributed by atoms with E-state index in [1.165, 1.54) is 6.07 Å². The van der Waals surface area contributed by atoms with Crippen molar-refractivity contribution in [3.05, 3.63) is 29.8 Å². The van der Waals surface area contributed by atoms with Crippen molar-refractivity contribution in [2.45, 2.75) is 40.3 Å². The monoisotopic (exact) mass is 484 g/mol. The minimum Gasteiger partial charge on any atom is -0.434 e. The Morgan fingerprint density at radius 1 is 1.15 bits per heavy atom. The molecule has 0 radical (unpaired) electrons. The second-order valence-electron chi connectivity index (χ2n) is 5.49. The molecule has 1 rings (SSSR count). The van der Waals surface area contributed by atoms with Crippen LogP contribution in [0, 0.1) is 0 Å². The number of aliphatic imine (C=N–C) groups is 1. The number of nitrogens with zero attached hydrogens (tertiary/aromatic N) is 2. The first-order chi connectivity index (χ1) is 12.1. The highest BCUT2D eigenvalue weighted by atomic mass is 127. The number of hydrogen-bond acceptors (Lipinski definition) is 3. The number of nitrogens with one attached hydrogen (secondary N) is 2. The lowest BCUT2D eigenvalue weighted by Gasteiger charge is -2.18. The summed E-state index contributed by atoms with van der Waals surface area (Å²) >= 11 is 0. The number of ether oxygens (including phenoxy) is 1. The molecular formula is C18H31F2IN4O. The predicted molar refractivity (Wildman–Crippen MR) is 114 cm³/mol. The lowest BCUT2D eigenvalue weighted by atomic mass is 10.2. The normalized spacial score (nSPS) is 11.4. The number of para-hydroxylation sites is 1. The predicted octanol–water partition coefficient (Wildman–Crippen LogP) is 3.69. The molecule has 8 heteroatoms. The first-order valence-corrected chi connectivity index (χ1v) is 8.87. The Labute approximate surface area is 172 Å². The Bertz CT molecular complexity index is 514. The number of alkyl halides is 2. The van der Waals surface area contributed by atoms with Crippen molar-refractivity contribution in [1.82, 2.24) is 15.5 Å². The van der Waals surface area contributed by atoms with Crippen LogP contribution in [0.2, 0.25) is 0 Å². The third-order valence-corrected chi connectivity index (χ3v) is 3.78. The van der Waals surface area contributed by atoms with Gasteiger partial charge in [0.05, 0.1) is 6.54 Å². The number of benzene rings is 1. The summed E-state index contributed by atoms with van der Waals surface area (Å²) in [6.07, 6.45) is 1.01. The van der Waals surface area contributed by atoms with Gasteiger partial charge in [-0.1, -0.05) is 32.0 Å². The second-order valence-corrected chi connectivity index (χ2v) is 5.49. The van der Waals surface area contributed by atoms with Gasteiger partial charge in [-0.2, -0.15) is 8.78 Å². The third kappa shape index (κ3) is 10.1. The highest BCUT2D eigenvalue weighted by Crippen LogP contribution is 2.20. The van der Waals surface area contributed by atoms with Crippen LogP contribution in [0.25, 0.3) is 0 Å². The fraction of sp³-hybridized carbons (Fsp3) is 0.611. The first-order valence-electron chi connectivity index (χ1n) is 8.87. The van der Waals surface area contributed by atoms with Crippen molar-refractivity contribution in [2.24, 2.45) is 4.99 Å². The molecule has 26 heavy (non-hydrogen) atoms. The number of halogens is 3. The minimum absolute atomic E-state index is 0. The van der Waals surface area contributed by atoms with Crippen LogP contribution in [-0.4, -0.2) is 50.2 Å². The highest BCUT2D eigenvalue weighted by Gasteiger charge is 2.09. The van der Waals surface area contributed by atoms with Gasteiger partial charge in [0, 0.05) is 18.7 Å². The van der Waals surface area contributed by atoms with E-state index in [1.54, 1.807) is 18.2 Å². The van der Waals surface area contributed by atoms with E-state index in [1.807, 2.05) is 6.92 Å². The van der Waals surface area contributed by atoms with Crippen molar-refractivity contribution >= 4 is 29.9 Å². The molecule has 0 aliphatic rings. The summed E-state index contributed by atoms with van der Waals surface area (Å²) in [6.45, 7) is 8.39. The molecule has 0 saturated heterocycles. The van der Waals surface area contributed by atoms with Gasteiger partial charge in [-0.15, -0.1) is 24.0 Å². The molecule has 0 heterocycles. The maximum absolute atomic E-state index is 12.5. The fourth-order valence-electron chi connectivity index (χ4n) is 2.40. The Hall–Kier alpha value is -1.16. The summed E-state index contributed by atoms with van der Waals surface area (Å²) in [5, 5.41) is 6.44. The Balaban J connectivity index is 0.00000625. The van der Waals surface area contributed by atoms with Gasteiger partial charge in [0.25, 0.3) is 0 Å². The van der Waals surface area contributed by atoms with Gasteiger partial charge in [-0.25, -0.2) is 4.99 Å². The van der Waals surface area contributed by atoms with E-state index in [2.05, 4.69) is 39.1 Å². The topological polar surface area (TPSA) is 48.9 Å². The quantitative estimate of drug-likeness (QED) is 0.218. The maximum Gasteiger partial charge on any atom is 0.387 e. The first kappa shape index (κ1) is 24.8. The molecule has 1 aromatic rings. The van der Waals surface area contributed by atoms with E-state index in [0.717, 1.165) is 39.1 Å². The summed E-state index contributed by atoms with van der Waals surface area (Å²) in [6, 6.07) is 6.72. The molecular weight excluding hydrogens is 453 g/mol. The van der Waals surface area contributed by atoms with E-state index in [4.69, 9.17) is 0 Å². The largest absolute Gasteiger partial charge is 0.434 e. The average Bonchev–Trinajstić information content (AvgIpc) is 2.60. The van der Waals surface area contributed by atoms with Crippen LogP contribution in [0.1, 0.15) is 32.8 Å². The SMILES string of the molecule is CCNC(=NCc1ccccc1OC(F)F)NCCCN(CC)CC.I. The molecule has 0 spiro atoms. The molecule has 0 aromatic heterocycles.